The molecule has 0 amide bonds. The van der Waals surface area contributed by atoms with Crippen LogP contribution in [0.4, 0.5) is 11.4 Å². The summed E-state index contributed by atoms with van der Waals surface area (Å²) in [5.41, 5.74) is 13.4. The van der Waals surface area contributed by atoms with Gasteiger partial charge in [0.1, 0.15) is 0 Å². The Bertz CT molecular complexity index is 5730. The zero-order chi connectivity index (χ0) is 69.7. The van der Waals surface area contributed by atoms with Gasteiger partial charge in [0.15, 0.2) is 27.8 Å². The van der Waals surface area contributed by atoms with E-state index in [1.807, 2.05) is 48.5 Å². The maximum absolute atomic E-state index is 12.0. The molecule has 1 aliphatic rings. The molecule has 0 radical (unpaired) electrons. The van der Waals surface area contributed by atoms with Crippen LogP contribution in [0, 0.1) is 0 Å². The van der Waals surface area contributed by atoms with E-state index in [2.05, 4.69) is 343 Å². The monoisotopic (exact) mass is 1320 g/mol. The third-order valence-electron chi connectivity index (χ3n) is 20.2. The van der Waals surface area contributed by atoms with Gasteiger partial charge in [0.2, 0.25) is 5.95 Å². The summed E-state index contributed by atoms with van der Waals surface area (Å²) in [6.45, 7) is -0.212. The molecule has 101 heavy (non-hydrogen) atoms. The van der Waals surface area contributed by atoms with Crippen LogP contribution < -0.4 is 57.2 Å². The fourth-order valence-electron chi connectivity index (χ4n) is 15.8. The lowest BCUT2D eigenvalue weighted by atomic mass is 9.46. The van der Waals surface area contributed by atoms with E-state index >= 15 is 0 Å². The Labute approximate surface area is 595 Å². The predicted molar refractivity (Wildman–Crippen MR) is 429 cm³/mol. The van der Waals surface area contributed by atoms with Crippen LogP contribution >= 0.6 is 0 Å². The van der Waals surface area contributed by atoms with Gasteiger partial charge in [-0.3, -0.25) is 4.57 Å². The molecule has 1 aliphatic heterocycles. The molecule has 15 aromatic carbocycles. The zero-order valence-electron chi connectivity index (χ0n) is 58.2. The van der Waals surface area contributed by atoms with Crippen molar-refractivity contribution in [2.75, 3.05) is 4.81 Å². The summed E-state index contributed by atoms with van der Waals surface area (Å²) in [6, 6.07) is 134. The van der Waals surface area contributed by atoms with Crippen LogP contribution in [0.3, 0.4) is 0 Å². The van der Waals surface area contributed by atoms with Gasteiger partial charge in [0, 0.05) is 38.8 Å². The van der Waals surface area contributed by atoms with Crippen LogP contribution in [-0.2, 0) is 0 Å². The molecular formula is C93H66BN5Si2. The van der Waals surface area contributed by atoms with Gasteiger partial charge in [-0.05, 0) is 105 Å². The number of anilines is 2. The number of para-hydroxylation sites is 3. The van der Waals surface area contributed by atoms with Crippen LogP contribution in [0.1, 0.15) is 4.11 Å². The van der Waals surface area contributed by atoms with Crippen LogP contribution in [0.15, 0.2) is 400 Å². The van der Waals surface area contributed by atoms with Gasteiger partial charge in [0.25, 0.3) is 0 Å². The molecule has 0 atom stereocenters. The van der Waals surface area contributed by atoms with Gasteiger partial charge in [-0.2, -0.15) is 9.97 Å². The standard InChI is InChI=1S/C93H66BN5Si2/c1-8-33-67(34-9-1)69-37-31-51-79(62-69)100(75-43-14-4-15-44-75,76-45-16-5-17-46-76)81-64-72(65-82(66-81)101(77-47-18-6-19-48-77,78-49-20-7-21-50-78)80-52-32-38-70(63-80)68-35-10-2-11-36-68)92-95-91(96-93(97-92)98-88-58-27-23-55-85(88)86-56-24-28-59-89(86)98)71-39-30-42-74(61-71)99-90-60-29-25-54-84(90)83-53-22-26-57-87(83)94(99)73-40-12-3-13-41-73/h1-66H/i64D,65D,66D. The highest BCUT2D eigenvalue weighted by atomic mass is 28.3. The first-order valence-corrected chi connectivity index (χ1v) is 38.4. The van der Waals surface area contributed by atoms with Gasteiger partial charge in [-0.1, -0.05) is 375 Å². The number of hydrogen-bond acceptors (Lipinski definition) is 4. The molecule has 0 spiro atoms. The second-order valence-corrected chi connectivity index (χ2v) is 33.3. The lowest BCUT2D eigenvalue weighted by molar-refractivity contribution is 0.953. The molecule has 0 N–H and O–H groups in total. The van der Waals surface area contributed by atoms with Crippen molar-refractivity contribution in [2.24, 2.45) is 0 Å². The Kier molecular flexibility index (Phi) is 14.8. The lowest BCUT2D eigenvalue weighted by Gasteiger charge is -2.39. The fourth-order valence-corrected chi connectivity index (χ4v) is 25.1. The average molecular weight is 1320 g/mol. The second kappa shape index (κ2) is 26.0. The Hall–Kier alpha value is -12.6. The Morgan fingerprint density at radius 1 is 0.277 bits per heavy atom. The summed E-state index contributed by atoms with van der Waals surface area (Å²) in [4.78, 5) is 19.7. The van der Waals surface area contributed by atoms with E-state index in [0.29, 0.717) is 27.7 Å². The van der Waals surface area contributed by atoms with Gasteiger partial charge < -0.3 is 4.81 Å². The molecule has 0 fully saturated rings. The van der Waals surface area contributed by atoms with Gasteiger partial charge >= 0.3 is 6.85 Å². The molecule has 0 saturated carbocycles. The van der Waals surface area contributed by atoms with Crippen LogP contribution in [-0.4, -0.2) is 42.5 Å². The summed E-state index contributed by atoms with van der Waals surface area (Å²) >= 11 is 0. The third kappa shape index (κ3) is 10.6. The number of benzene rings is 15. The summed E-state index contributed by atoms with van der Waals surface area (Å²) in [6.07, 6.45) is 0. The average Bonchev–Trinajstić information content (AvgIpc) is 1.44. The van der Waals surface area contributed by atoms with Crippen LogP contribution in [0.5, 0.6) is 0 Å². The van der Waals surface area contributed by atoms with E-state index < -0.39 is 16.1 Å². The molecular weight excluding hydrogens is 1250 g/mol. The highest BCUT2D eigenvalue weighted by Gasteiger charge is 2.47. The molecule has 474 valence electrons. The predicted octanol–water partition coefficient (Wildman–Crippen LogP) is 15.3. The smallest absolute Gasteiger partial charge is 0.328 e. The van der Waals surface area contributed by atoms with E-state index in [1.165, 1.54) is 11.0 Å². The molecule has 18 rings (SSSR count). The second-order valence-electron chi connectivity index (χ2n) is 25.8. The number of rotatable bonds is 15. The van der Waals surface area contributed by atoms with Crippen molar-refractivity contribution in [1.82, 2.24) is 19.5 Å². The molecule has 0 bridgehead atoms. The quantitative estimate of drug-likeness (QED) is 0.0758. The minimum absolute atomic E-state index is 0.00339. The largest absolute Gasteiger partial charge is 0.376 e. The van der Waals surface area contributed by atoms with Crippen molar-refractivity contribution in [2.45, 2.75) is 0 Å². The van der Waals surface area contributed by atoms with Crippen LogP contribution in [0.2, 0.25) is 0 Å². The molecule has 2 aromatic heterocycles. The van der Waals surface area contributed by atoms with Crippen molar-refractivity contribution in [3.8, 4) is 62.1 Å². The Balaban J connectivity index is 1.01. The van der Waals surface area contributed by atoms with E-state index in [9.17, 15) is 4.11 Å². The highest BCUT2D eigenvalue weighted by molar-refractivity contribution is 7.22. The van der Waals surface area contributed by atoms with Crippen LogP contribution in [0.25, 0.3) is 83.9 Å². The van der Waals surface area contributed by atoms with Gasteiger partial charge in [0.05, 0.1) is 15.1 Å². The lowest BCUT2D eigenvalue weighted by Crippen LogP contribution is -2.78. The first-order chi connectivity index (χ1) is 51.4. The minimum Gasteiger partial charge on any atom is -0.376 e. The first kappa shape index (κ1) is 57.5. The van der Waals surface area contributed by atoms with E-state index in [0.717, 1.165) is 97.6 Å². The van der Waals surface area contributed by atoms with Crippen molar-refractivity contribution in [1.29, 1.82) is 0 Å². The van der Waals surface area contributed by atoms with Crippen molar-refractivity contribution < 1.29 is 4.11 Å². The molecule has 0 saturated heterocycles. The summed E-state index contributed by atoms with van der Waals surface area (Å²) in [5, 5.41) is 8.91. The summed E-state index contributed by atoms with van der Waals surface area (Å²) in [7, 11) is -8.13. The zero-order valence-corrected chi connectivity index (χ0v) is 57.2. The molecule has 0 aliphatic carbocycles. The number of aromatic nitrogens is 4. The fraction of sp³-hybridized carbons (Fsp3) is 0. The Morgan fingerprint density at radius 3 is 1.18 bits per heavy atom. The number of nitrogens with zero attached hydrogens (tertiary/aromatic N) is 5. The van der Waals surface area contributed by atoms with Gasteiger partial charge in [-0.15, -0.1) is 0 Å². The molecule has 5 nitrogen and oxygen atoms in total. The number of fused-ring (bicyclic) bond motifs is 6. The third-order valence-corrected chi connectivity index (χ3v) is 29.4. The van der Waals surface area contributed by atoms with Crippen molar-refractivity contribution in [3.05, 3.63) is 400 Å². The van der Waals surface area contributed by atoms with Crippen molar-refractivity contribution in [3.63, 3.8) is 0 Å². The maximum Gasteiger partial charge on any atom is 0.328 e. The molecule has 17 aromatic rings. The minimum atomic E-state index is -4.07. The van der Waals surface area contributed by atoms with Crippen molar-refractivity contribution >= 4 is 109 Å². The normalized spacial score (nSPS) is 12.5. The first-order valence-electron chi connectivity index (χ1n) is 35.9. The summed E-state index contributed by atoms with van der Waals surface area (Å²) < 4.78 is 37.8. The summed E-state index contributed by atoms with van der Waals surface area (Å²) in [5.74, 6) is 0.806. The van der Waals surface area contributed by atoms with E-state index in [4.69, 9.17) is 15.0 Å². The molecule has 0 unspecified atom stereocenters. The van der Waals surface area contributed by atoms with Gasteiger partial charge in [-0.25, -0.2) is 4.98 Å². The topological polar surface area (TPSA) is 46.8 Å². The molecule has 3 heterocycles. The highest BCUT2D eigenvalue weighted by Crippen LogP contribution is 2.41. The van der Waals surface area contributed by atoms with E-state index in [-0.39, 0.29) is 36.4 Å². The maximum atomic E-state index is 12.0. The Morgan fingerprint density at radius 2 is 0.663 bits per heavy atom. The SMILES string of the molecule is [2H]c1c(-c2nc(-c3cccc(N4B(c5ccccc5)c5ccccc5-c5ccccc54)c3)nc(-n3c4ccccc4c4ccccc43)n2)c([2H])c([Si](c2ccccc2)(c2ccccc2)c2cccc(-c3ccccc3)c2)c([2H])c1[Si](c1ccccc1)(c1ccccc1)c1cccc(-c2ccccc2)c1. The number of hydrogen-bond donors (Lipinski definition) is 0. The van der Waals surface area contributed by atoms with E-state index in [1.54, 1.807) is 0 Å². The molecule has 8 heteroatoms.